The third kappa shape index (κ3) is 2.12. The third-order valence-corrected chi connectivity index (χ3v) is 6.28. The van der Waals surface area contributed by atoms with Crippen molar-refractivity contribution in [2.75, 3.05) is 6.54 Å². The van der Waals surface area contributed by atoms with Crippen LogP contribution in [-0.2, 0) is 5.75 Å². The van der Waals surface area contributed by atoms with E-state index in [4.69, 9.17) is 4.98 Å². The van der Waals surface area contributed by atoms with E-state index in [1.807, 2.05) is 23.1 Å². The summed E-state index contributed by atoms with van der Waals surface area (Å²) in [6.07, 6.45) is 3.87. The predicted molar refractivity (Wildman–Crippen MR) is 81.7 cm³/mol. The molecule has 1 saturated heterocycles. The minimum atomic E-state index is 0.488. The van der Waals surface area contributed by atoms with Crippen molar-refractivity contribution in [2.24, 2.45) is 0 Å². The zero-order valence-corrected chi connectivity index (χ0v) is 12.3. The van der Waals surface area contributed by atoms with Gasteiger partial charge in [-0.25, -0.2) is 4.98 Å². The molecular weight excluding hydrogens is 272 g/mol. The Bertz CT molecular complexity index is 600. The Hall–Kier alpha value is -0.840. The van der Waals surface area contributed by atoms with Gasteiger partial charge < -0.3 is 5.32 Å². The second-order valence-electron chi connectivity index (χ2n) is 5.11. The molecule has 2 aliphatic heterocycles. The standard InChI is InChI=1S/C15H16N2S2/c1-2-7-12-10(5-1)14-13(9-18-12)19-15(17-14)11-6-3-4-8-16-11/h1-2,5,7,11,16H,3-4,6,8-9H2. The van der Waals surface area contributed by atoms with Crippen molar-refractivity contribution in [1.82, 2.24) is 10.3 Å². The Morgan fingerprint density at radius 1 is 1.21 bits per heavy atom. The highest BCUT2D eigenvalue weighted by atomic mass is 32.2. The van der Waals surface area contributed by atoms with Crippen LogP contribution in [0.1, 0.15) is 35.2 Å². The molecule has 1 aromatic carbocycles. The lowest BCUT2D eigenvalue weighted by molar-refractivity contribution is 0.411. The Morgan fingerprint density at radius 3 is 3.05 bits per heavy atom. The zero-order valence-electron chi connectivity index (χ0n) is 10.7. The van der Waals surface area contributed by atoms with Crippen molar-refractivity contribution in [3.05, 3.63) is 34.2 Å². The molecule has 4 heteroatoms. The molecule has 0 radical (unpaired) electrons. The molecule has 2 aromatic rings. The van der Waals surface area contributed by atoms with Gasteiger partial charge in [-0.2, -0.15) is 0 Å². The maximum atomic E-state index is 4.96. The Labute approximate surface area is 121 Å². The number of rotatable bonds is 1. The van der Waals surface area contributed by atoms with Gasteiger partial charge in [0, 0.05) is 21.1 Å². The summed E-state index contributed by atoms with van der Waals surface area (Å²) in [7, 11) is 0. The summed E-state index contributed by atoms with van der Waals surface area (Å²) in [5.41, 5.74) is 2.56. The normalized spacial score (nSPS) is 21.8. The monoisotopic (exact) mass is 288 g/mol. The summed E-state index contributed by atoms with van der Waals surface area (Å²) in [5, 5.41) is 4.90. The average Bonchev–Trinajstić information content (AvgIpc) is 2.93. The van der Waals surface area contributed by atoms with Gasteiger partial charge in [0.25, 0.3) is 0 Å². The number of hydrogen-bond acceptors (Lipinski definition) is 4. The maximum absolute atomic E-state index is 4.96. The van der Waals surface area contributed by atoms with Crippen LogP contribution in [0, 0.1) is 0 Å². The molecule has 1 N–H and O–H groups in total. The van der Waals surface area contributed by atoms with Gasteiger partial charge >= 0.3 is 0 Å². The molecule has 0 aliphatic carbocycles. The molecule has 98 valence electrons. The molecular formula is C15H16N2S2. The largest absolute Gasteiger partial charge is 0.308 e. The van der Waals surface area contributed by atoms with Crippen LogP contribution in [0.15, 0.2) is 29.2 Å². The first kappa shape index (κ1) is 11.9. The van der Waals surface area contributed by atoms with Crippen molar-refractivity contribution in [3.63, 3.8) is 0 Å². The molecule has 1 fully saturated rings. The lowest BCUT2D eigenvalue weighted by atomic mass is 10.1. The van der Waals surface area contributed by atoms with Crippen LogP contribution in [0.4, 0.5) is 0 Å². The van der Waals surface area contributed by atoms with Gasteiger partial charge in [-0.15, -0.1) is 23.1 Å². The highest BCUT2D eigenvalue weighted by Gasteiger charge is 2.25. The van der Waals surface area contributed by atoms with Gasteiger partial charge in [0.05, 0.1) is 11.7 Å². The molecule has 0 bridgehead atoms. The van der Waals surface area contributed by atoms with Crippen LogP contribution in [0.2, 0.25) is 0 Å². The molecule has 3 heterocycles. The molecule has 0 amide bonds. The Kier molecular flexibility index (Phi) is 3.10. The van der Waals surface area contributed by atoms with E-state index in [9.17, 15) is 0 Å². The lowest BCUT2D eigenvalue weighted by Gasteiger charge is -2.21. The number of aromatic nitrogens is 1. The highest BCUT2D eigenvalue weighted by molar-refractivity contribution is 7.98. The van der Waals surface area contributed by atoms with Crippen molar-refractivity contribution in [1.29, 1.82) is 0 Å². The second kappa shape index (κ2) is 4.93. The van der Waals surface area contributed by atoms with E-state index < -0.39 is 0 Å². The average molecular weight is 288 g/mol. The van der Waals surface area contributed by atoms with Crippen LogP contribution in [0.3, 0.4) is 0 Å². The zero-order chi connectivity index (χ0) is 12.7. The molecule has 1 aromatic heterocycles. The smallest absolute Gasteiger partial charge is 0.111 e. The molecule has 0 spiro atoms. The summed E-state index contributed by atoms with van der Waals surface area (Å²) in [4.78, 5) is 7.79. The van der Waals surface area contributed by atoms with E-state index in [2.05, 4.69) is 29.6 Å². The number of nitrogens with one attached hydrogen (secondary N) is 1. The topological polar surface area (TPSA) is 24.9 Å². The van der Waals surface area contributed by atoms with Gasteiger partial charge in [0.1, 0.15) is 5.01 Å². The summed E-state index contributed by atoms with van der Waals surface area (Å²) >= 11 is 3.85. The molecule has 1 unspecified atom stereocenters. The van der Waals surface area contributed by atoms with Crippen molar-refractivity contribution in [3.8, 4) is 11.3 Å². The summed E-state index contributed by atoms with van der Waals surface area (Å²) in [6, 6.07) is 9.14. The summed E-state index contributed by atoms with van der Waals surface area (Å²) in [6.45, 7) is 1.14. The van der Waals surface area contributed by atoms with Crippen LogP contribution < -0.4 is 5.32 Å². The first-order chi connectivity index (χ1) is 9.42. The van der Waals surface area contributed by atoms with Gasteiger partial charge in [0.2, 0.25) is 0 Å². The first-order valence-corrected chi connectivity index (χ1v) is 8.67. The van der Waals surface area contributed by atoms with Gasteiger partial charge in [-0.3, -0.25) is 0 Å². The van der Waals surface area contributed by atoms with Crippen molar-refractivity contribution < 1.29 is 0 Å². The Morgan fingerprint density at radius 2 is 2.16 bits per heavy atom. The molecule has 4 rings (SSSR count). The first-order valence-electron chi connectivity index (χ1n) is 6.87. The number of benzene rings is 1. The minimum absolute atomic E-state index is 0.488. The van der Waals surface area contributed by atoms with E-state index >= 15 is 0 Å². The van der Waals surface area contributed by atoms with E-state index in [-0.39, 0.29) is 0 Å². The fourth-order valence-corrected chi connectivity index (χ4v) is 5.14. The minimum Gasteiger partial charge on any atom is -0.308 e. The van der Waals surface area contributed by atoms with Crippen LogP contribution in [0.25, 0.3) is 11.3 Å². The van der Waals surface area contributed by atoms with E-state index in [0.29, 0.717) is 6.04 Å². The molecule has 2 aliphatic rings. The summed E-state index contributed by atoms with van der Waals surface area (Å²) in [5.74, 6) is 1.08. The van der Waals surface area contributed by atoms with E-state index in [1.165, 1.54) is 45.3 Å². The maximum Gasteiger partial charge on any atom is 0.111 e. The fourth-order valence-electron chi connectivity index (χ4n) is 2.82. The van der Waals surface area contributed by atoms with Crippen molar-refractivity contribution >= 4 is 23.1 Å². The fraction of sp³-hybridized carbons (Fsp3) is 0.400. The SMILES string of the molecule is c1ccc2c(c1)SCc1sc(C3CCCCN3)nc1-2. The Balaban J connectivity index is 1.74. The number of nitrogens with zero attached hydrogens (tertiary/aromatic N) is 1. The summed E-state index contributed by atoms with van der Waals surface area (Å²) < 4.78 is 0. The number of hydrogen-bond donors (Lipinski definition) is 1. The van der Waals surface area contributed by atoms with Crippen LogP contribution in [-0.4, -0.2) is 11.5 Å². The predicted octanol–water partition coefficient (Wildman–Crippen LogP) is 4.23. The van der Waals surface area contributed by atoms with Crippen LogP contribution >= 0.6 is 23.1 Å². The van der Waals surface area contributed by atoms with Gasteiger partial charge in [0.15, 0.2) is 0 Å². The van der Waals surface area contributed by atoms with Crippen LogP contribution in [0.5, 0.6) is 0 Å². The highest BCUT2D eigenvalue weighted by Crippen LogP contribution is 2.44. The number of thiazole rings is 1. The quantitative estimate of drug-likeness (QED) is 0.850. The number of thioether (sulfide) groups is 1. The molecule has 1 atom stereocenters. The second-order valence-corrected chi connectivity index (χ2v) is 7.24. The van der Waals surface area contributed by atoms with E-state index in [0.717, 1.165) is 12.3 Å². The molecule has 2 nitrogen and oxygen atoms in total. The number of piperidine rings is 1. The molecule has 0 saturated carbocycles. The lowest BCUT2D eigenvalue weighted by Crippen LogP contribution is -2.26. The van der Waals surface area contributed by atoms with Gasteiger partial charge in [-0.05, 0) is 25.5 Å². The third-order valence-electron chi connectivity index (χ3n) is 3.82. The van der Waals surface area contributed by atoms with Crippen molar-refractivity contribution in [2.45, 2.75) is 36.0 Å². The van der Waals surface area contributed by atoms with Gasteiger partial charge in [-0.1, -0.05) is 24.6 Å². The van der Waals surface area contributed by atoms with E-state index in [1.54, 1.807) is 0 Å². The molecule has 19 heavy (non-hydrogen) atoms. The number of fused-ring (bicyclic) bond motifs is 3.